The van der Waals surface area contributed by atoms with Crippen LogP contribution in [0, 0.1) is 27.2 Å². The Morgan fingerprint density at radius 3 is 2.37 bits per heavy atom. The van der Waals surface area contributed by atoms with Crippen molar-refractivity contribution in [2.75, 3.05) is 0 Å². The summed E-state index contributed by atoms with van der Waals surface area (Å²) in [4.78, 5) is 25.0. The molecule has 0 N–H and O–H groups in total. The van der Waals surface area contributed by atoms with Gasteiger partial charge in [-0.1, -0.05) is 17.7 Å². The van der Waals surface area contributed by atoms with Gasteiger partial charge in [-0.15, -0.1) is 0 Å². The van der Waals surface area contributed by atoms with Crippen LogP contribution >= 0.6 is 27.5 Å². The number of nitrogens with zero attached hydrogens (tertiary/aromatic N) is 3. The topological polar surface area (TPSA) is 108 Å². The first-order chi connectivity index (χ1) is 14.2. The van der Waals surface area contributed by atoms with Crippen LogP contribution < -0.4 is 4.74 Å². The van der Waals surface area contributed by atoms with E-state index >= 15 is 0 Å². The molecule has 0 spiro atoms. The number of nitro groups is 2. The zero-order valence-electron chi connectivity index (χ0n) is 15.4. The normalized spacial score (nSPS) is 10.9. The van der Waals surface area contributed by atoms with Gasteiger partial charge >= 0.3 is 5.69 Å². The quantitative estimate of drug-likeness (QED) is 0.215. The molecule has 3 aromatic rings. The third-order valence-corrected chi connectivity index (χ3v) is 5.07. The van der Waals surface area contributed by atoms with Gasteiger partial charge in [0.15, 0.2) is 0 Å². The lowest BCUT2D eigenvalue weighted by atomic mass is 10.2. The van der Waals surface area contributed by atoms with Crippen molar-refractivity contribution in [1.29, 1.82) is 0 Å². The Hall–Kier alpha value is -3.30. The molecule has 0 aromatic heterocycles. The molecule has 0 aliphatic carbocycles. The van der Waals surface area contributed by atoms with Crippen LogP contribution in [0.25, 0.3) is 0 Å². The second-order valence-corrected chi connectivity index (χ2v) is 7.41. The van der Waals surface area contributed by atoms with E-state index in [0.29, 0.717) is 20.9 Å². The summed E-state index contributed by atoms with van der Waals surface area (Å²) >= 11 is 9.46. The number of rotatable bonds is 6. The van der Waals surface area contributed by atoms with E-state index in [4.69, 9.17) is 16.3 Å². The van der Waals surface area contributed by atoms with E-state index in [9.17, 15) is 20.2 Å². The van der Waals surface area contributed by atoms with Gasteiger partial charge in [-0.25, -0.2) is 0 Å². The SMILES string of the molecule is Cc1ccc(N=Cc2ccc(Oc3ccc([N+](=O)[O-])cc3[N+](=O)[O-])c(Br)c2)cc1Cl. The first-order valence-electron chi connectivity index (χ1n) is 8.45. The van der Waals surface area contributed by atoms with E-state index in [1.165, 1.54) is 6.07 Å². The average Bonchev–Trinajstić information content (AvgIpc) is 2.70. The highest BCUT2D eigenvalue weighted by Crippen LogP contribution is 2.37. The van der Waals surface area contributed by atoms with Crippen molar-refractivity contribution in [2.24, 2.45) is 4.99 Å². The molecule has 3 aromatic carbocycles. The highest BCUT2D eigenvalue weighted by molar-refractivity contribution is 9.10. The summed E-state index contributed by atoms with van der Waals surface area (Å²) < 4.78 is 6.14. The van der Waals surface area contributed by atoms with E-state index in [0.717, 1.165) is 23.3 Å². The highest BCUT2D eigenvalue weighted by atomic mass is 79.9. The largest absolute Gasteiger partial charge is 0.449 e. The molecule has 152 valence electrons. The van der Waals surface area contributed by atoms with Gasteiger partial charge in [-0.2, -0.15) is 0 Å². The second kappa shape index (κ2) is 9.02. The maximum absolute atomic E-state index is 11.3. The lowest BCUT2D eigenvalue weighted by Gasteiger charge is -2.09. The molecule has 0 fully saturated rings. The van der Waals surface area contributed by atoms with Gasteiger partial charge in [0, 0.05) is 17.3 Å². The number of non-ortho nitro benzene ring substituents is 1. The number of aryl methyl sites for hydroxylation is 1. The van der Waals surface area contributed by atoms with Crippen LogP contribution in [-0.2, 0) is 0 Å². The first kappa shape index (κ1) is 21.4. The van der Waals surface area contributed by atoms with E-state index in [2.05, 4.69) is 20.9 Å². The molecule has 3 rings (SSSR count). The Morgan fingerprint density at radius 1 is 1.00 bits per heavy atom. The van der Waals surface area contributed by atoms with Crippen molar-refractivity contribution in [1.82, 2.24) is 0 Å². The van der Waals surface area contributed by atoms with Crippen molar-refractivity contribution in [3.63, 3.8) is 0 Å². The van der Waals surface area contributed by atoms with Gasteiger partial charge in [0.05, 0.1) is 26.1 Å². The van der Waals surface area contributed by atoms with Crippen LogP contribution in [0.1, 0.15) is 11.1 Å². The third-order valence-electron chi connectivity index (χ3n) is 4.04. The van der Waals surface area contributed by atoms with Crippen LogP contribution in [0.5, 0.6) is 11.5 Å². The number of ether oxygens (including phenoxy) is 1. The molecule has 0 unspecified atom stereocenters. The zero-order chi connectivity index (χ0) is 21.8. The van der Waals surface area contributed by atoms with Crippen LogP contribution in [-0.4, -0.2) is 16.1 Å². The lowest BCUT2D eigenvalue weighted by molar-refractivity contribution is -0.394. The minimum absolute atomic E-state index is 0.109. The van der Waals surface area contributed by atoms with Crippen LogP contribution in [0.4, 0.5) is 17.1 Å². The van der Waals surface area contributed by atoms with Crippen molar-refractivity contribution in [3.8, 4) is 11.5 Å². The molecule has 0 amide bonds. The Morgan fingerprint density at radius 2 is 1.73 bits per heavy atom. The maximum Gasteiger partial charge on any atom is 0.318 e. The molecule has 0 radical (unpaired) electrons. The van der Waals surface area contributed by atoms with E-state index < -0.39 is 21.2 Å². The Balaban J connectivity index is 1.84. The van der Waals surface area contributed by atoms with Crippen LogP contribution in [0.3, 0.4) is 0 Å². The molecule has 0 atom stereocenters. The number of aliphatic imine (C=N–C) groups is 1. The standard InChI is InChI=1S/C20H13BrClN3O5/c1-12-2-4-14(9-17(12)22)23-11-13-3-6-19(16(21)8-13)30-20-7-5-15(24(26)27)10-18(20)25(28)29/h2-11H,1H3. The molecule has 0 bridgehead atoms. The first-order valence-corrected chi connectivity index (χ1v) is 9.62. The summed E-state index contributed by atoms with van der Waals surface area (Å²) in [6, 6.07) is 13.7. The fourth-order valence-electron chi connectivity index (χ4n) is 2.46. The summed E-state index contributed by atoms with van der Waals surface area (Å²) in [6.45, 7) is 1.90. The number of hydrogen-bond donors (Lipinski definition) is 0. The number of benzene rings is 3. The summed E-state index contributed by atoms with van der Waals surface area (Å²) in [5.74, 6) is 0.199. The Kier molecular flexibility index (Phi) is 6.43. The highest BCUT2D eigenvalue weighted by Gasteiger charge is 2.21. The predicted octanol–water partition coefficient (Wildman–Crippen LogP) is 6.77. The van der Waals surface area contributed by atoms with E-state index in [1.54, 1.807) is 30.5 Å². The van der Waals surface area contributed by atoms with Gasteiger partial charge in [-0.05, 0) is 70.4 Å². The van der Waals surface area contributed by atoms with Gasteiger partial charge in [0.25, 0.3) is 5.69 Å². The predicted molar refractivity (Wildman–Crippen MR) is 117 cm³/mol. The fraction of sp³-hybridized carbons (Fsp3) is 0.0500. The van der Waals surface area contributed by atoms with Crippen LogP contribution in [0.2, 0.25) is 5.02 Å². The van der Waals surface area contributed by atoms with Crippen molar-refractivity contribution < 1.29 is 14.6 Å². The molecular weight excluding hydrogens is 478 g/mol. The Bertz CT molecular complexity index is 1180. The summed E-state index contributed by atoms with van der Waals surface area (Å²) in [5.41, 5.74) is 1.52. The van der Waals surface area contributed by atoms with Gasteiger partial charge < -0.3 is 4.74 Å². The lowest BCUT2D eigenvalue weighted by Crippen LogP contribution is -1.96. The van der Waals surface area contributed by atoms with Gasteiger partial charge in [0.2, 0.25) is 5.75 Å². The smallest absolute Gasteiger partial charge is 0.318 e. The fourth-order valence-corrected chi connectivity index (χ4v) is 3.11. The zero-order valence-corrected chi connectivity index (χ0v) is 17.8. The van der Waals surface area contributed by atoms with Gasteiger partial charge in [0.1, 0.15) is 5.75 Å². The van der Waals surface area contributed by atoms with Gasteiger partial charge in [-0.3, -0.25) is 25.2 Å². The molecular formula is C20H13BrClN3O5. The molecule has 0 saturated carbocycles. The average molecular weight is 491 g/mol. The molecule has 0 saturated heterocycles. The molecule has 8 nitrogen and oxygen atoms in total. The molecule has 0 heterocycles. The van der Waals surface area contributed by atoms with E-state index in [-0.39, 0.29) is 5.75 Å². The van der Waals surface area contributed by atoms with Crippen molar-refractivity contribution in [2.45, 2.75) is 6.92 Å². The van der Waals surface area contributed by atoms with E-state index in [1.807, 2.05) is 19.1 Å². The minimum atomic E-state index is -0.732. The number of hydrogen-bond acceptors (Lipinski definition) is 6. The van der Waals surface area contributed by atoms with Crippen molar-refractivity contribution in [3.05, 3.63) is 95.4 Å². The molecule has 0 aliphatic heterocycles. The number of nitro benzene ring substituents is 2. The summed E-state index contributed by atoms with van der Waals surface area (Å²) in [5, 5.41) is 22.7. The van der Waals surface area contributed by atoms with Crippen LogP contribution in [0.15, 0.2) is 64.1 Å². The molecule has 0 aliphatic rings. The molecule has 10 heteroatoms. The monoisotopic (exact) mass is 489 g/mol. The second-order valence-electron chi connectivity index (χ2n) is 6.15. The maximum atomic E-state index is 11.3. The summed E-state index contributed by atoms with van der Waals surface area (Å²) in [7, 11) is 0. The van der Waals surface area contributed by atoms with Crippen molar-refractivity contribution >= 4 is 50.8 Å². The summed E-state index contributed by atoms with van der Waals surface area (Å²) in [6.07, 6.45) is 1.64. The number of halogens is 2. The minimum Gasteiger partial charge on any atom is -0.449 e. The molecule has 30 heavy (non-hydrogen) atoms. The Labute approximate surface area is 184 Å². The third kappa shape index (κ3) is 5.00.